The second-order valence-corrected chi connectivity index (χ2v) is 4.15. The van der Waals surface area contributed by atoms with E-state index in [1.54, 1.807) is 0 Å². The number of methoxy groups -OCH3 is 1. The Labute approximate surface area is 115 Å². The molecular formula is C14H14FN3O2. The molecule has 0 saturated heterocycles. The first-order chi connectivity index (χ1) is 9.61. The Morgan fingerprint density at radius 2 is 2.20 bits per heavy atom. The van der Waals surface area contributed by atoms with Gasteiger partial charge < -0.3 is 9.84 Å². The number of hydrogen-bond acceptors (Lipinski definition) is 5. The Bertz CT molecular complexity index is 607. The molecule has 1 unspecified atom stereocenters. The number of nitrogens with zero attached hydrogens (tertiary/aromatic N) is 3. The maximum Gasteiger partial charge on any atom is 0.213 e. The molecular weight excluding hydrogens is 261 g/mol. The number of hydrogen-bond donors (Lipinski definition) is 1. The highest BCUT2D eigenvalue weighted by Crippen LogP contribution is 2.34. The lowest BCUT2D eigenvalue weighted by Gasteiger charge is -2.27. The molecule has 1 N–H and O–H groups in total. The average Bonchev–Trinajstić information content (AvgIpc) is 2.49. The van der Waals surface area contributed by atoms with Gasteiger partial charge in [0, 0.05) is 30.4 Å². The van der Waals surface area contributed by atoms with Gasteiger partial charge in [0.25, 0.3) is 0 Å². The molecule has 2 heterocycles. The van der Waals surface area contributed by atoms with Crippen LogP contribution in [0.2, 0.25) is 0 Å². The number of ether oxygens (including phenoxy) is 1. The van der Waals surface area contributed by atoms with Crippen LogP contribution in [0.5, 0.6) is 5.88 Å². The van der Waals surface area contributed by atoms with E-state index in [1.165, 1.54) is 37.8 Å². The van der Waals surface area contributed by atoms with E-state index in [9.17, 15) is 9.50 Å². The van der Waals surface area contributed by atoms with Crippen molar-refractivity contribution in [2.24, 2.45) is 0 Å². The number of rotatable bonds is 5. The van der Waals surface area contributed by atoms with E-state index in [0.29, 0.717) is 0 Å². The van der Waals surface area contributed by atoms with Crippen LogP contribution in [0.15, 0.2) is 43.5 Å². The normalized spacial score (nSPS) is 13.6. The molecule has 5 nitrogen and oxygen atoms in total. The first-order valence-corrected chi connectivity index (χ1v) is 5.91. The molecule has 0 spiro atoms. The van der Waals surface area contributed by atoms with Gasteiger partial charge in [-0.25, -0.2) is 9.37 Å². The molecule has 2 aromatic rings. The third kappa shape index (κ3) is 2.50. The molecule has 6 heteroatoms. The molecule has 0 aliphatic heterocycles. The summed E-state index contributed by atoms with van der Waals surface area (Å²) in [7, 11) is 1.42. The van der Waals surface area contributed by atoms with Gasteiger partial charge in [-0.05, 0) is 0 Å². The van der Waals surface area contributed by atoms with Crippen LogP contribution in [0.25, 0.3) is 0 Å². The zero-order valence-electron chi connectivity index (χ0n) is 11.0. The molecule has 0 aromatic carbocycles. The Hall–Kier alpha value is -2.34. The van der Waals surface area contributed by atoms with Crippen LogP contribution < -0.4 is 4.74 Å². The monoisotopic (exact) mass is 275 g/mol. The Morgan fingerprint density at radius 3 is 2.80 bits per heavy atom. The summed E-state index contributed by atoms with van der Waals surface area (Å²) in [6, 6.07) is 1.34. The van der Waals surface area contributed by atoms with Gasteiger partial charge in [-0.1, -0.05) is 6.08 Å². The topological polar surface area (TPSA) is 68.1 Å². The minimum Gasteiger partial charge on any atom is -0.481 e. The SMILES string of the molecule is C=CCC(O)(c1cnccn1)c1cc(OC)ncc1F. The molecule has 2 rings (SSSR count). The van der Waals surface area contributed by atoms with Crippen LogP contribution in [0.4, 0.5) is 4.39 Å². The third-order valence-electron chi connectivity index (χ3n) is 2.91. The lowest BCUT2D eigenvalue weighted by Crippen LogP contribution is -2.29. The van der Waals surface area contributed by atoms with Crippen molar-refractivity contribution in [1.29, 1.82) is 0 Å². The van der Waals surface area contributed by atoms with Crippen molar-refractivity contribution in [2.45, 2.75) is 12.0 Å². The van der Waals surface area contributed by atoms with Gasteiger partial charge in [0.2, 0.25) is 5.88 Å². The summed E-state index contributed by atoms with van der Waals surface area (Å²) in [6.45, 7) is 3.59. The van der Waals surface area contributed by atoms with Gasteiger partial charge in [-0.3, -0.25) is 9.97 Å². The second-order valence-electron chi connectivity index (χ2n) is 4.15. The summed E-state index contributed by atoms with van der Waals surface area (Å²) >= 11 is 0. The fourth-order valence-electron chi connectivity index (χ4n) is 1.92. The van der Waals surface area contributed by atoms with Gasteiger partial charge in [0.05, 0.1) is 25.2 Å². The highest BCUT2D eigenvalue weighted by atomic mass is 19.1. The average molecular weight is 275 g/mol. The standard InChI is InChI=1S/C14H14FN3O2/c1-3-4-14(19,12-9-16-5-6-17-12)10-7-13(20-2)18-8-11(10)15/h3,5-9,19H,1,4H2,2H3. The van der Waals surface area contributed by atoms with Crippen molar-refractivity contribution in [3.8, 4) is 5.88 Å². The van der Waals surface area contributed by atoms with Crippen LogP contribution >= 0.6 is 0 Å². The summed E-state index contributed by atoms with van der Waals surface area (Å²) in [5.41, 5.74) is -1.42. The molecule has 2 aromatic heterocycles. The van der Waals surface area contributed by atoms with Gasteiger partial charge >= 0.3 is 0 Å². The Morgan fingerprint density at radius 1 is 1.40 bits per heavy atom. The molecule has 104 valence electrons. The second kappa shape index (κ2) is 5.75. The highest BCUT2D eigenvalue weighted by Gasteiger charge is 2.35. The molecule has 0 saturated carbocycles. The van der Waals surface area contributed by atoms with E-state index in [0.717, 1.165) is 6.20 Å². The fourth-order valence-corrected chi connectivity index (χ4v) is 1.92. The van der Waals surface area contributed by atoms with E-state index in [2.05, 4.69) is 21.5 Å². The number of halogens is 1. The molecule has 0 bridgehead atoms. The predicted octanol–water partition coefficient (Wildman–Crippen LogP) is 1.83. The zero-order valence-corrected chi connectivity index (χ0v) is 11.0. The smallest absolute Gasteiger partial charge is 0.213 e. The molecule has 0 amide bonds. The first-order valence-electron chi connectivity index (χ1n) is 5.91. The quantitative estimate of drug-likeness (QED) is 0.843. The van der Waals surface area contributed by atoms with Gasteiger partial charge in [0.15, 0.2) is 0 Å². The lowest BCUT2D eigenvalue weighted by atomic mass is 9.87. The van der Waals surface area contributed by atoms with E-state index < -0.39 is 11.4 Å². The summed E-state index contributed by atoms with van der Waals surface area (Å²) in [6.07, 6.45) is 6.85. The van der Waals surface area contributed by atoms with Crippen LogP contribution in [-0.4, -0.2) is 27.2 Å². The maximum absolute atomic E-state index is 14.0. The zero-order chi connectivity index (χ0) is 14.6. The Balaban J connectivity index is 2.61. The first kappa shape index (κ1) is 14.1. The molecule has 0 fully saturated rings. The van der Waals surface area contributed by atoms with E-state index in [4.69, 9.17) is 4.74 Å². The molecule has 0 aliphatic carbocycles. The van der Waals surface area contributed by atoms with Gasteiger partial charge in [0.1, 0.15) is 11.4 Å². The van der Waals surface area contributed by atoms with Crippen molar-refractivity contribution < 1.29 is 14.2 Å². The van der Waals surface area contributed by atoms with Crippen molar-refractivity contribution in [1.82, 2.24) is 15.0 Å². The third-order valence-corrected chi connectivity index (χ3v) is 2.91. The van der Waals surface area contributed by atoms with Crippen molar-refractivity contribution >= 4 is 0 Å². The van der Waals surface area contributed by atoms with Gasteiger partial charge in [-0.2, -0.15) is 0 Å². The van der Waals surface area contributed by atoms with Crippen molar-refractivity contribution in [3.63, 3.8) is 0 Å². The number of aromatic nitrogens is 3. The summed E-state index contributed by atoms with van der Waals surface area (Å²) in [5, 5.41) is 10.9. The van der Waals surface area contributed by atoms with Crippen LogP contribution in [0, 0.1) is 5.82 Å². The van der Waals surface area contributed by atoms with E-state index >= 15 is 0 Å². The van der Waals surface area contributed by atoms with Crippen LogP contribution in [0.1, 0.15) is 17.7 Å². The summed E-state index contributed by atoms with van der Waals surface area (Å²) in [4.78, 5) is 11.7. The van der Waals surface area contributed by atoms with Gasteiger partial charge in [-0.15, -0.1) is 6.58 Å². The largest absolute Gasteiger partial charge is 0.481 e. The van der Waals surface area contributed by atoms with Crippen molar-refractivity contribution in [3.05, 3.63) is 60.6 Å². The van der Waals surface area contributed by atoms with E-state index in [-0.39, 0.29) is 23.6 Å². The molecule has 20 heavy (non-hydrogen) atoms. The maximum atomic E-state index is 14.0. The highest BCUT2D eigenvalue weighted by molar-refractivity contribution is 5.35. The Kier molecular flexibility index (Phi) is 4.05. The number of pyridine rings is 1. The fraction of sp³-hybridized carbons (Fsp3) is 0.214. The summed E-state index contributed by atoms with van der Waals surface area (Å²) < 4.78 is 19.0. The molecule has 0 radical (unpaired) electrons. The minimum atomic E-state index is -1.67. The lowest BCUT2D eigenvalue weighted by molar-refractivity contribution is 0.0745. The minimum absolute atomic E-state index is 0.0183. The predicted molar refractivity (Wildman–Crippen MR) is 70.6 cm³/mol. The number of aliphatic hydroxyl groups is 1. The summed E-state index contributed by atoms with van der Waals surface area (Å²) in [5.74, 6) is -0.450. The van der Waals surface area contributed by atoms with Crippen LogP contribution in [0.3, 0.4) is 0 Å². The van der Waals surface area contributed by atoms with Crippen LogP contribution in [-0.2, 0) is 5.60 Å². The molecule has 0 aliphatic rings. The van der Waals surface area contributed by atoms with Crippen molar-refractivity contribution in [2.75, 3.05) is 7.11 Å². The van der Waals surface area contributed by atoms with E-state index in [1.807, 2.05) is 0 Å². The molecule has 1 atom stereocenters.